The molecule has 112 valence electrons. The van der Waals surface area contributed by atoms with E-state index >= 15 is 0 Å². The molecule has 3 saturated heterocycles. The second-order valence-corrected chi connectivity index (χ2v) is 5.85. The van der Waals surface area contributed by atoms with E-state index in [1.807, 2.05) is 37.3 Å². The number of hydrogen-bond donors (Lipinski definition) is 0. The number of hydrogen-bond acceptors (Lipinski definition) is 5. The highest BCUT2D eigenvalue weighted by Gasteiger charge is 2.54. The van der Waals surface area contributed by atoms with Crippen molar-refractivity contribution in [2.24, 2.45) is 5.92 Å². The lowest BCUT2D eigenvalue weighted by molar-refractivity contribution is -0.254. The van der Waals surface area contributed by atoms with Gasteiger partial charge in [-0.05, 0) is 0 Å². The molecule has 3 heterocycles. The average Bonchev–Trinajstić information content (AvgIpc) is 2.90. The fraction of sp³-hybridized carbons (Fsp3) is 0.562. The minimum absolute atomic E-state index is 0.0930. The number of rotatable bonds is 1. The molecule has 3 fully saturated rings. The molecule has 5 heteroatoms. The van der Waals surface area contributed by atoms with E-state index in [1.165, 1.54) is 0 Å². The van der Waals surface area contributed by atoms with E-state index in [-0.39, 0.29) is 42.7 Å². The Kier molecular flexibility index (Phi) is 3.30. The number of Topliss-reactive ketones (excluding diaryl/α,β-unsaturated/α-hetero) is 1. The summed E-state index contributed by atoms with van der Waals surface area (Å²) in [5.41, 5.74) is 0.985. The van der Waals surface area contributed by atoms with Gasteiger partial charge in [0.1, 0.15) is 24.9 Å². The maximum Gasteiger partial charge on any atom is 0.184 e. The largest absolute Gasteiger partial charge is 0.366 e. The molecule has 21 heavy (non-hydrogen) atoms. The van der Waals surface area contributed by atoms with Crippen LogP contribution in [-0.2, 0) is 23.7 Å². The van der Waals surface area contributed by atoms with Crippen LogP contribution in [0.5, 0.6) is 0 Å². The molecule has 0 unspecified atom stereocenters. The molecule has 3 aliphatic heterocycles. The van der Waals surface area contributed by atoms with Crippen LogP contribution < -0.4 is 0 Å². The molecule has 3 aliphatic rings. The van der Waals surface area contributed by atoms with Crippen molar-refractivity contribution >= 4 is 5.78 Å². The van der Waals surface area contributed by atoms with Crippen molar-refractivity contribution in [3.63, 3.8) is 0 Å². The summed E-state index contributed by atoms with van der Waals surface area (Å²) in [6.07, 6.45) is -1.14. The highest BCUT2D eigenvalue weighted by molar-refractivity contribution is 5.83. The van der Waals surface area contributed by atoms with Crippen molar-refractivity contribution in [3.8, 4) is 0 Å². The van der Waals surface area contributed by atoms with E-state index in [2.05, 4.69) is 0 Å². The molecule has 0 radical (unpaired) electrons. The summed E-state index contributed by atoms with van der Waals surface area (Å²) in [6, 6.07) is 9.83. The van der Waals surface area contributed by atoms with E-state index < -0.39 is 6.29 Å². The highest BCUT2D eigenvalue weighted by atomic mass is 16.7. The molecule has 6 atom stereocenters. The molecule has 0 spiro atoms. The minimum Gasteiger partial charge on any atom is -0.366 e. The maximum atomic E-state index is 11.8. The predicted octanol–water partition coefficient (Wildman–Crippen LogP) is 1.47. The first-order valence-electron chi connectivity index (χ1n) is 7.36. The zero-order valence-corrected chi connectivity index (χ0v) is 11.8. The van der Waals surface area contributed by atoms with E-state index in [0.29, 0.717) is 6.61 Å². The maximum absolute atomic E-state index is 11.8. The molecular formula is C16H18O5. The Labute approximate surface area is 123 Å². The van der Waals surface area contributed by atoms with E-state index in [4.69, 9.17) is 18.9 Å². The van der Waals surface area contributed by atoms with Gasteiger partial charge in [-0.25, -0.2) is 0 Å². The van der Waals surface area contributed by atoms with Gasteiger partial charge in [-0.3, -0.25) is 4.79 Å². The lowest BCUT2D eigenvalue weighted by Gasteiger charge is -2.35. The topological polar surface area (TPSA) is 54.0 Å². The van der Waals surface area contributed by atoms with Crippen molar-refractivity contribution in [1.82, 2.24) is 0 Å². The number of carbonyl (C=O) groups is 1. The molecule has 0 aromatic heterocycles. The van der Waals surface area contributed by atoms with Crippen LogP contribution in [-0.4, -0.2) is 43.4 Å². The van der Waals surface area contributed by atoms with Crippen LogP contribution in [0.2, 0.25) is 0 Å². The van der Waals surface area contributed by atoms with Crippen molar-refractivity contribution in [1.29, 1.82) is 0 Å². The Bertz CT molecular complexity index is 531. The van der Waals surface area contributed by atoms with Gasteiger partial charge in [0.05, 0.1) is 12.7 Å². The fourth-order valence-electron chi connectivity index (χ4n) is 3.29. The third-order valence-electron chi connectivity index (χ3n) is 4.53. The van der Waals surface area contributed by atoms with Crippen LogP contribution in [0.15, 0.2) is 30.3 Å². The molecule has 1 aromatic carbocycles. The van der Waals surface area contributed by atoms with E-state index in [9.17, 15) is 4.79 Å². The summed E-state index contributed by atoms with van der Waals surface area (Å²) < 4.78 is 23.4. The number of ether oxygens (including phenoxy) is 4. The van der Waals surface area contributed by atoms with E-state index in [0.717, 1.165) is 5.56 Å². The van der Waals surface area contributed by atoms with Crippen LogP contribution in [0.3, 0.4) is 0 Å². The smallest absolute Gasteiger partial charge is 0.184 e. The van der Waals surface area contributed by atoms with Gasteiger partial charge < -0.3 is 18.9 Å². The van der Waals surface area contributed by atoms with Crippen LogP contribution in [0, 0.1) is 5.92 Å². The highest BCUT2D eigenvalue weighted by Crippen LogP contribution is 2.40. The van der Waals surface area contributed by atoms with Gasteiger partial charge in [0.15, 0.2) is 12.1 Å². The second kappa shape index (κ2) is 5.18. The first-order chi connectivity index (χ1) is 10.2. The van der Waals surface area contributed by atoms with Gasteiger partial charge in [-0.2, -0.15) is 0 Å². The molecule has 0 N–H and O–H groups in total. The van der Waals surface area contributed by atoms with Gasteiger partial charge in [-0.1, -0.05) is 37.3 Å². The Balaban J connectivity index is 1.54. The Hall–Kier alpha value is -1.27. The number of ketones is 1. The first-order valence-corrected chi connectivity index (χ1v) is 7.36. The van der Waals surface area contributed by atoms with Gasteiger partial charge in [-0.15, -0.1) is 0 Å². The van der Waals surface area contributed by atoms with Crippen molar-refractivity contribution in [3.05, 3.63) is 35.9 Å². The second-order valence-electron chi connectivity index (χ2n) is 5.85. The monoisotopic (exact) mass is 290 g/mol. The number of carbonyl (C=O) groups excluding carboxylic acids is 1. The number of fused-ring (bicyclic) bond motifs is 3. The van der Waals surface area contributed by atoms with Crippen LogP contribution in [0.1, 0.15) is 18.8 Å². The van der Waals surface area contributed by atoms with Crippen LogP contribution >= 0.6 is 0 Å². The minimum atomic E-state index is -0.397. The normalized spacial score (nSPS) is 42.4. The number of benzene rings is 1. The van der Waals surface area contributed by atoms with Gasteiger partial charge in [0.25, 0.3) is 0 Å². The van der Waals surface area contributed by atoms with Crippen molar-refractivity contribution in [2.75, 3.05) is 13.2 Å². The summed E-state index contributed by atoms with van der Waals surface area (Å²) in [4.78, 5) is 11.8. The molecule has 1 aromatic rings. The van der Waals surface area contributed by atoms with Crippen molar-refractivity contribution in [2.45, 2.75) is 37.6 Å². The predicted molar refractivity (Wildman–Crippen MR) is 72.6 cm³/mol. The molecule has 5 nitrogen and oxygen atoms in total. The van der Waals surface area contributed by atoms with Gasteiger partial charge >= 0.3 is 0 Å². The summed E-state index contributed by atoms with van der Waals surface area (Å²) in [5, 5.41) is 0. The Morgan fingerprint density at radius 1 is 1.00 bits per heavy atom. The molecule has 4 rings (SSSR count). The summed E-state index contributed by atoms with van der Waals surface area (Å²) >= 11 is 0. The van der Waals surface area contributed by atoms with Gasteiger partial charge in [0.2, 0.25) is 0 Å². The molecule has 0 bridgehead atoms. The van der Waals surface area contributed by atoms with Crippen LogP contribution in [0.25, 0.3) is 0 Å². The third kappa shape index (κ3) is 2.21. The zero-order chi connectivity index (χ0) is 14.4. The Morgan fingerprint density at radius 2 is 1.81 bits per heavy atom. The van der Waals surface area contributed by atoms with Gasteiger partial charge in [0, 0.05) is 11.5 Å². The zero-order valence-electron chi connectivity index (χ0n) is 11.8. The fourth-order valence-corrected chi connectivity index (χ4v) is 3.29. The lowest BCUT2D eigenvalue weighted by Crippen LogP contribution is -2.49. The molecule has 0 amide bonds. The van der Waals surface area contributed by atoms with E-state index in [1.54, 1.807) is 0 Å². The standard InChI is InChI=1S/C16H18O5/c1-9-11(17)7-18-15-13(9)20-12-8-19-16(21-14(12)15)10-5-3-2-4-6-10/h2-6,9,12-16H,7-8H2,1H3/t9-,12-,13+,14+,15-,16+/m1/s1. The molecular weight excluding hydrogens is 272 g/mol. The summed E-state index contributed by atoms with van der Waals surface area (Å²) in [5.74, 6) is -0.0523. The quantitative estimate of drug-likeness (QED) is 0.784. The molecule has 0 saturated carbocycles. The lowest BCUT2D eigenvalue weighted by atomic mass is 9.91. The molecule has 0 aliphatic carbocycles. The van der Waals surface area contributed by atoms with Crippen LogP contribution in [0.4, 0.5) is 0 Å². The average molecular weight is 290 g/mol. The SMILES string of the molecule is C[C@@H]1C(=O)CO[C@@H]2[C@H]1O[C@@H]1CO[C@H](c3ccccc3)O[C@H]21. The summed E-state index contributed by atoms with van der Waals surface area (Å²) in [6.45, 7) is 2.51. The van der Waals surface area contributed by atoms with Crippen molar-refractivity contribution < 1.29 is 23.7 Å². The first kappa shape index (κ1) is 13.4. The third-order valence-corrected chi connectivity index (χ3v) is 4.53. The Morgan fingerprint density at radius 3 is 2.62 bits per heavy atom. The summed E-state index contributed by atoms with van der Waals surface area (Å²) in [7, 11) is 0.